The van der Waals surface area contributed by atoms with Gasteiger partial charge in [-0.15, -0.1) is 0 Å². The van der Waals surface area contributed by atoms with E-state index < -0.39 is 0 Å². The molecule has 2 aromatic carbocycles. The van der Waals surface area contributed by atoms with E-state index in [1.54, 1.807) is 6.07 Å². The Labute approximate surface area is 145 Å². The molecule has 128 valence electrons. The third-order valence-electron chi connectivity index (χ3n) is 4.71. The lowest BCUT2D eigenvalue weighted by Gasteiger charge is -2.21. The van der Waals surface area contributed by atoms with Crippen LogP contribution in [-0.4, -0.2) is 24.0 Å². The van der Waals surface area contributed by atoms with Gasteiger partial charge in [-0.3, -0.25) is 4.79 Å². The second kappa shape index (κ2) is 6.59. The number of nitrogens with one attached hydrogen (secondary N) is 2. The summed E-state index contributed by atoms with van der Waals surface area (Å²) in [5.74, 6) is -0.485. The Morgan fingerprint density at radius 3 is 2.80 bits per heavy atom. The first-order valence-corrected chi connectivity index (χ1v) is 8.60. The number of hydrogen-bond donors (Lipinski definition) is 2. The van der Waals surface area contributed by atoms with E-state index in [0.29, 0.717) is 5.69 Å². The first-order valence-electron chi connectivity index (χ1n) is 8.60. The number of benzene rings is 2. The number of carbonyl (C=O) groups excluding carboxylic acids is 1. The summed E-state index contributed by atoms with van der Waals surface area (Å²) in [4.78, 5) is 17.9. The summed E-state index contributed by atoms with van der Waals surface area (Å²) in [7, 11) is 0. The van der Waals surface area contributed by atoms with E-state index in [-0.39, 0.29) is 18.1 Å². The second-order valence-electron chi connectivity index (χ2n) is 6.44. The first-order chi connectivity index (χ1) is 12.2. The minimum atomic E-state index is -0.342. The van der Waals surface area contributed by atoms with Crippen LogP contribution < -0.4 is 10.2 Å². The summed E-state index contributed by atoms with van der Waals surface area (Å²) in [5.41, 5.74) is 3.39. The molecule has 1 aliphatic heterocycles. The Hall–Kier alpha value is -2.82. The number of H-pyrrole nitrogens is 1. The Morgan fingerprint density at radius 1 is 1.16 bits per heavy atom. The number of aromatic amines is 1. The third-order valence-corrected chi connectivity index (χ3v) is 4.71. The quantitative estimate of drug-likeness (QED) is 0.753. The zero-order valence-electron chi connectivity index (χ0n) is 13.9. The molecule has 0 unspecified atom stereocenters. The van der Waals surface area contributed by atoms with Crippen LogP contribution in [0.5, 0.6) is 0 Å². The number of hydrogen-bond acceptors (Lipinski definition) is 2. The van der Waals surface area contributed by atoms with Crippen molar-refractivity contribution in [2.24, 2.45) is 0 Å². The Balaban J connectivity index is 1.55. The number of fused-ring (bicyclic) bond motifs is 1. The maximum absolute atomic E-state index is 13.7. The normalized spacial score (nSPS) is 14.2. The number of nitrogens with zero attached hydrogens (tertiary/aromatic N) is 1. The van der Waals surface area contributed by atoms with Crippen LogP contribution in [0.15, 0.2) is 48.7 Å². The van der Waals surface area contributed by atoms with E-state index in [9.17, 15) is 9.18 Å². The van der Waals surface area contributed by atoms with Crippen molar-refractivity contribution >= 4 is 28.2 Å². The lowest BCUT2D eigenvalue weighted by Crippen LogP contribution is -2.22. The van der Waals surface area contributed by atoms with E-state index >= 15 is 0 Å². The molecule has 2 N–H and O–H groups in total. The van der Waals surface area contributed by atoms with Crippen molar-refractivity contribution in [2.45, 2.75) is 19.3 Å². The molecule has 25 heavy (non-hydrogen) atoms. The van der Waals surface area contributed by atoms with Crippen molar-refractivity contribution in [1.29, 1.82) is 0 Å². The molecule has 0 atom stereocenters. The standard InChI is InChI=1S/C20H20FN3O/c21-15-7-8-19(24-9-3-4-10-24)18(12-15)23-20(25)11-14-13-22-17-6-2-1-5-16(14)17/h1-2,5-8,12-13,22H,3-4,9-11H2,(H,23,25). The number of aromatic nitrogens is 1. The van der Waals surface area contributed by atoms with Crippen LogP contribution in [0.3, 0.4) is 0 Å². The highest BCUT2D eigenvalue weighted by atomic mass is 19.1. The Bertz CT molecular complexity index is 912. The maximum Gasteiger partial charge on any atom is 0.228 e. The fraction of sp³-hybridized carbons (Fsp3) is 0.250. The monoisotopic (exact) mass is 337 g/mol. The lowest BCUT2D eigenvalue weighted by atomic mass is 10.1. The summed E-state index contributed by atoms with van der Waals surface area (Å²) in [6.45, 7) is 1.88. The highest BCUT2D eigenvalue weighted by Crippen LogP contribution is 2.30. The SMILES string of the molecule is O=C(Cc1c[nH]c2ccccc12)Nc1cc(F)ccc1N1CCCC1. The van der Waals surface area contributed by atoms with Crippen LogP contribution >= 0.6 is 0 Å². The number of para-hydroxylation sites is 1. The smallest absolute Gasteiger partial charge is 0.228 e. The first kappa shape index (κ1) is 15.7. The van der Waals surface area contributed by atoms with E-state index in [1.165, 1.54) is 12.1 Å². The second-order valence-corrected chi connectivity index (χ2v) is 6.44. The van der Waals surface area contributed by atoms with Gasteiger partial charge in [-0.25, -0.2) is 4.39 Å². The van der Waals surface area contributed by atoms with Crippen molar-refractivity contribution < 1.29 is 9.18 Å². The zero-order chi connectivity index (χ0) is 17.2. The molecule has 4 nitrogen and oxygen atoms in total. The topological polar surface area (TPSA) is 48.1 Å². The van der Waals surface area contributed by atoms with E-state index in [1.807, 2.05) is 30.5 Å². The lowest BCUT2D eigenvalue weighted by molar-refractivity contribution is -0.115. The van der Waals surface area contributed by atoms with Crippen LogP contribution in [0.4, 0.5) is 15.8 Å². The number of carbonyl (C=O) groups is 1. The van der Waals surface area contributed by atoms with Gasteiger partial charge in [0, 0.05) is 30.2 Å². The van der Waals surface area contributed by atoms with E-state index in [2.05, 4.69) is 15.2 Å². The highest BCUT2D eigenvalue weighted by Gasteiger charge is 2.18. The van der Waals surface area contributed by atoms with Crippen molar-refractivity contribution in [2.75, 3.05) is 23.3 Å². The molecule has 1 fully saturated rings. The number of amides is 1. The average molecular weight is 337 g/mol. The minimum absolute atomic E-state index is 0.143. The molecule has 0 radical (unpaired) electrons. The van der Waals surface area contributed by atoms with Gasteiger partial charge in [-0.05, 0) is 42.7 Å². The molecule has 1 aliphatic rings. The Kier molecular flexibility index (Phi) is 4.14. The van der Waals surface area contributed by atoms with Gasteiger partial charge in [0.15, 0.2) is 0 Å². The Morgan fingerprint density at radius 2 is 1.96 bits per heavy atom. The van der Waals surface area contributed by atoms with Crippen molar-refractivity contribution in [1.82, 2.24) is 4.98 Å². The molecule has 0 spiro atoms. The van der Waals surface area contributed by atoms with Crippen LogP contribution in [0.25, 0.3) is 10.9 Å². The largest absolute Gasteiger partial charge is 0.370 e. The van der Waals surface area contributed by atoms with E-state index in [4.69, 9.17) is 0 Å². The van der Waals surface area contributed by atoms with Crippen LogP contribution in [-0.2, 0) is 11.2 Å². The molecule has 5 heteroatoms. The number of rotatable bonds is 4. The van der Waals surface area contributed by atoms with Gasteiger partial charge in [-0.1, -0.05) is 18.2 Å². The predicted octanol–water partition coefficient (Wildman–Crippen LogP) is 4.09. The van der Waals surface area contributed by atoms with Crippen molar-refractivity contribution in [3.05, 3.63) is 60.0 Å². The highest BCUT2D eigenvalue weighted by molar-refractivity contribution is 5.98. The van der Waals surface area contributed by atoms with E-state index in [0.717, 1.165) is 48.1 Å². The number of anilines is 2. The fourth-order valence-electron chi connectivity index (χ4n) is 3.49. The van der Waals surface area contributed by atoms with Crippen LogP contribution in [0, 0.1) is 5.82 Å². The molecule has 0 bridgehead atoms. The molecule has 4 rings (SSSR count). The van der Waals surface area contributed by atoms with Gasteiger partial charge in [0.1, 0.15) is 5.82 Å². The predicted molar refractivity (Wildman–Crippen MR) is 98.5 cm³/mol. The molecule has 1 saturated heterocycles. The van der Waals surface area contributed by atoms with Crippen molar-refractivity contribution in [3.63, 3.8) is 0 Å². The third kappa shape index (κ3) is 3.22. The zero-order valence-corrected chi connectivity index (χ0v) is 13.9. The van der Waals surface area contributed by atoms with Gasteiger partial charge in [-0.2, -0.15) is 0 Å². The summed E-state index contributed by atoms with van der Waals surface area (Å²) in [6, 6.07) is 12.5. The average Bonchev–Trinajstić information content (AvgIpc) is 3.26. The van der Waals surface area contributed by atoms with Crippen LogP contribution in [0.2, 0.25) is 0 Å². The minimum Gasteiger partial charge on any atom is -0.370 e. The molecular formula is C20H20FN3O. The van der Waals surface area contributed by atoms with Gasteiger partial charge >= 0.3 is 0 Å². The van der Waals surface area contributed by atoms with Gasteiger partial charge in [0.25, 0.3) is 0 Å². The molecular weight excluding hydrogens is 317 g/mol. The molecule has 1 aromatic heterocycles. The number of halogens is 1. The summed E-state index contributed by atoms with van der Waals surface area (Å²) >= 11 is 0. The molecule has 2 heterocycles. The summed E-state index contributed by atoms with van der Waals surface area (Å²) in [6.07, 6.45) is 4.36. The van der Waals surface area contributed by atoms with Gasteiger partial charge < -0.3 is 15.2 Å². The van der Waals surface area contributed by atoms with Crippen molar-refractivity contribution in [3.8, 4) is 0 Å². The van der Waals surface area contributed by atoms with Gasteiger partial charge in [0.2, 0.25) is 5.91 Å². The summed E-state index contributed by atoms with van der Waals surface area (Å²) < 4.78 is 13.7. The fourth-order valence-corrected chi connectivity index (χ4v) is 3.49. The summed E-state index contributed by atoms with van der Waals surface area (Å²) in [5, 5.41) is 3.94. The van der Waals surface area contributed by atoms with Gasteiger partial charge in [0.05, 0.1) is 17.8 Å². The molecule has 0 saturated carbocycles. The maximum atomic E-state index is 13.7. The molecule has 1 amide bonds. The van der Waals surface area contributed by atoms with Crippen LogP contribution in [0.1, 0.15) is 18.4 Å². The molecule has 3 aromatic rings. The molecule has 0 aliphatic carbocycles.